The molecule has 2 aromatic rings. The lowest BCUT2D eigenvalue weighted by atomic mass is 10.2. The number of nitrogens with zero attached hydrogens (tertiary/aromatic N) is 1. The van der Waals surface area contributed by atoms with Gasteiger partial charge in [-0.15, -0.1) is 0 Å². The number of pyridine rings is 1. The zero-order valence-electron chi connectivity index (χ0n) is 10.4. The second-order valence-corrected chi connectivity index (χ2v) is 5.07. The number of amides is 1. The van der Waals surface area contributed by atoms with Gasteiger partial charge in [-0.2, -0.15) is 0 Å². The van der Waals surface area contributed by atoms with Crippen molar-refractivity contribution in [3.05, 3.63) is 57.8 Å². The third kappa shape index (κ3) is 3.54. The molecular formula is C14H13BrN2O2. The monoisotopic (exact) mass is 320 g/mol. The minimum Gasteiger partial charge on any atom is -0.507 e. The van der Waals surface area contributed by atoms with Gasteiger partial charge in [0.15, 0.2) is 0 Å². The maximum atomic E-state index is 11.9. The van der Waals surface area contributed by atoms with Gasteiger partial charge in [-0.3, -0.25) is 9.78 Å². The van der Waals surface area contributed by atoms with Crippen molar-refractivity contribution in [1.82, 2.24) is 10.3 Å². The topological polar surface area (TPSA) is 62.2 Å². The number of phenols is 1. The number of hydrogen-bond donors (Lipinski definition) is 2. The van der Waals surface area contributed by atoms with E-state index in [1.165, 1.54) is 6.07 Å². The van der Waals surface area contributed by atoms with Gasteiger partial charge < -0.3 is 10.4 Å². The second kappa shape index (κ2) is 5.84. The van der Waals surface area contributed by atoms with Gasteiger partial charge >= 0.3 is 0 Å². The molecule has 0 fully saturated rings. The fraction of sp³-hybridized carbons (Fsp3) is 0.143. The molecule has 0 bridgehead atoms. The first-order valence-electron chi connectivity index (χ1n) is 5.74. The van der Waals surface area contributed by atoms with Crippen LogP contribution in [0.15, 0.2) is 41.0 Å². The highest BCUT2D eigenvalue weighted by atomic mass is 79.9. The lowest BCUT2D eigenvalue weighted by molar-refractivity contribution is 0.0948. The minimum atomic E-state index is -0.314. The molecule has 98 valence electrons. The lowest BCUT2D eigenvalue weighted by Crippen LogP contribution is -2.22. The predicted molar refractivity (Wildman–Crippen MR) is 76.0 cm³/mol. The van der Waals surface area contributed by atoms with Crippen molar-refractivity contribution >= 4 is 21.8 Å². The average molecular weight is 321 g/mol. The average Bonchev–Trinajstić information content (AvgIpc) is 2.37. The fourth-order valence-corrected chi connectivity index (χ4v) is 1.93. The third-order valence-corrected chi connectivity index (χ3v) is 3.12. The number of aromatic nitrogens is 1. The standard InChI is InChI=1S/C14H13BrN2O2/c1-9-2-3-10(7-16-9)8-17-14(19)12-5-4-11(15)6-13(12)18/h2-7,18H,8H2,1H3,(H,17,19). The Kier molecular flexibility index (Phi) is 4.16. The van der Waals surface area contributed by atoms with Crippen molar-refractivity contribution in [3.63, 3.8) is 0 Å². The van der Waals surface area contributed by atoms with Crippen LogP contribution in [0.4, 0.5) is 0 Å². The molecule has 0 radical (unpaired) electrons. The molecule has 0 unspecified atom stereocenters. The summed E-state index contributed by atoms with van der Waals surface area (Å²) in [5.74, 6) is -0.362. The van der Waals surface area contributed by atoms with E-state index in [0.717, 1.165) is 15.7 Å². The molecule has 2 N–H and O–H groups in total. The van der Waals surface area contributed by atoms with Gasteiger partial charge in [-0.05, 0) is 36.8 Å². The number of benzene rings is 1. The van der Waals surface area contributed by atoms with Crippen LogP contribution in [0.1, 0.15) is 21.6 Å². The summed E-state index contributed by atoms with van der Waals surface area (Å²) in [5.41, 5.74) is 2.10. The van der Waals surface area contributed by atoms with Gasteiger partial charge in [0.25, 0.3) is 5.91 Å². The molecule has 0 atom stereocenters. The third-order valence-electron chi connectivity index (χ3n) is 2.63. The first-order chi connectivity index (χ1) is 9.06. The van der Waals surface area contributed by atoms with Crippen LogP contribution >= 0.6 is 15.9 Å². The number of carbonyl (C=O) groups excluding carboxylic acids is 1. The van der Waals surface area contributed by atoms with Crippen LogP contribution in [0.5, 0.6) is 5.75 Å². The summed E-state index contributed by atoms with van der Waals surface area (Å²) in [4.78, 5) is 16.1. The number of carbonyl (C=O) groups is 1. The summed E-state index contributed by atoms with van der Waals surface area (Å²) in [7, 11) is 0. The van der Waals surface area contributed by atoms with Crippen LogP contribution < -0.4 is 5.32 Å². The lowest BCUT2D eigenvalue weighted by Gasteiger charge is -2.07. The van der Waals surface area contributed by atoms with Gasteiger partial charge in [0.05, 0.1) is 5.56 Å². The maximum absolute atomic E-state index is 11.9. The molecule has 1 aromatic carbocycles. The molecule has 0 aliphatic rings. The molecule has 0 saturated heterocycles. The molecule has 19 heavy (non-hydrogen) atoms. The van der Waals surface area contributed by atoms with Crippen molar-refractivity contribution in [2.45, 2.75) is 13.5 Å². The van der Waals surface area contributed by atoms with E-state index >= 15 is 0 Å². The highest BCUT2D eigenvalue weighted by Crippen LogP contribution is 2.22. The maximum Gasteiger partial charge on any atom is 0.255 e. The van der Waals surface area contributed by atoms with E-state index in [1.54, 1.807) is 18.3 Å². The summed E-state index contributed by atoms with van der Waals surface area (Å²) in [6.07, 6.45) is 1.72. The number of phenolic OH excluding ortho intramolecular Hbond substituents is 1. The van der Waals surface area contributed by atoms with E-state index < -0.39 is 0 Å². The number of nitrogens with one attached hydrogen (secondary N) is 1. The highest BCUT2D eigenvalue weighted by Gasteiger charge is 2.10. The Labute approximate surface area is 119 Å². The van der Waals surface area contributed by atoms with E-state index in [0.29, 0.717) is 6.54 Å². The number of aromatic hydroxyl groups is 1. The summed E-state index contributed by atoms with van der Waals surface area (Å²) >= 11 is 3.23. The first-order valence-corrected chi connectivity index (χ1v) is 6.54. The molecule has 0 saturated carbocycles. The molecule has 1 aromatic heterocycles. The van der Waals surface area contributed by atoms with E-state index in [1.807, 2.05) is 19.1 Å². The molecule has 5 heteroatoms. The molecule has 2 rings (SSSR count). The van der Waals surface area contributed by atoms with Crippen molar-refractivity contribution in [2.75, 3.05) is 0 Å². The van der Waals surface area contributed by atoms with Crippen molar-refractivity contribution < 1.29 is 9.90 Å². The summed E-state index contributed by atoms with van der Waals surface area (Å²) in [6, 6.07) is 8.56. The molecule has 0 spiro atoms. The molecule has 1 heterocycles. The summed E-state index contributed by atoms with van der Waals surface area (Å²) < 4.78 is 0.726. The SMILES string of the molecule is Cc1ccc(CNC(=O)c2ccc(Br)cc2O)cn1. The number of rotatable bonds is 3. The molecule has 0 aliphatic carbocycles. The smallest absolute Gasteiger partial charge is 0.255 e. The van der Waals surface area contributed by atoms with Crippen LogP contribution in [0.3, 0.4) is 0 Å². The van der Waals surface area contributed by atoms with E-state index in [-0.39, 0.29) is 17.2 Å². The zero-order valence-corrected chi connectivity index (χ0v) is 11.9. The minimum absolute atomic E-state index is 0.0473. The van der Waals surface area contributed by atoms with E-state index in [2.05, 4.69) is 26.2 Å². The zero-order chi connectivity index (χ0) is 13.8. The summed E-state index contributed by atoms with van der Waals surface area (Å²) in [5, 5.41) is 12.4. The van der Waals surface area contributed by atoms with Gasteiger partial charge in [-0.1, -0.05) is 22.0 Å². The van der Waals surface area contributed by atoms with Crippen LogP contribution in [0.25, 0.3) is 0 Å². The Morgan fingerprint density at radius 3 is 2.79 bits per heavy atom. The molecule has 4 nitrogen and oxygen atoms in total. The molecule has 0 aliphatic heterocycles. The van der Waals surface area contributed by atoms with E-state index in [4.69, 9.17) is 0 Å². The van der Waals surface area contributed by atoms with Crippen molar-refractivity contribution in [1.29, 1.82) is 0 Å². The normalized spacial score (nSPS) is 10.2. The van der Waals surface area contributed by atoms with Crippen LogP contribution in [-0.2, 0) is 6.54 Å². The van der Waals surface area contributed by atoms with Crippen molar-refractivity contribution in [3.8, 4) is 5.75 Å². The highest BCUT2D eigenvalue weighted by molar-refractivity contribution is 9.10. The van der Waals surface area contributed by atoms with Crippen LogP contribution in [0.2, 0.25) is 0 Å². The Morgan fingerprint density at radius 1 is 1.37 bits per heavy atom. The Morgan fingerprint density at radius 2 is 2.16 bits per heavy atom. The fourth-order valence-electron chi connectivity index (χ4n) is 1.58. The number of hydrogen-bond acceptors (Lipinski definition) is 3. The molecule has 1 amide bonds. The summed E-state index contributed by atoms with van der Waals surface area (Å²) in [6.45, 7) is 2.28. The van der Waals surface area contributed by atoms with Gasteiger partial charge in [0.2, 0.25) is 0 Å². The first kappa shape index (κ1) is 13.5. The predicted octanol–water partition coefficient (Wildman–Crippen LogP) is 2.79. The van der Waals surface area contributed by atoms with E-state index in [9.17, 15) is 9.90 Å². The number of aryl methyl sites for hydroxylation is 1. The van der Waals surface area contributed by atoms with Crippen molar-refractivity contribution in [2.24, 2.45) is 0 Å². The quantitative estimate of drug-likeness (QED) is 0.914. The Balaban J connectivity index is 2.03. The Hall–Kier alpha value is -1.88. The largest absolute Gasteiger partial charge is 0.507 e. The van der Waals surface area contributed by atoms with Gasteiger partial charge in [0, 0.05) is 22.9 Å². The van der Waals surface area contributed by atoms with Gasteiger partial charge in [0.1, 0.15) is 5.75 Å². The Bertz CT molecular complexity index is 597. The molecular weight excluding hydrogens is 308 g/mol. The van der Waals surface area contributed by atoms with Gasteiger partial charge in [-0.25, -0.2) is 0 Å². The van der Waals surface area contributed by atoms with Crippen LogP contribution in [-0.4, -0.2) is 16.0 Å². The van der Waals surface area contributed by atoms with Crippen LogP contribution in [0, 0.1) is 6.92 Å². The number of halogens is 1. The second-order valence-electron chi connectivity index (χ2n) is 4.15.